The van der Waals surface area contributed by atoms with Gasteiger partial charge in [0, 0.05) is 6.42 Å². The molecule has 0 amide bonds. The van der Waals surface area contributed by atoms with E-state index < -0.39 is 33.2 Å². The Bertz CT molecular complexity index is 317. The van der Waals surface area contributed by atoms with E-state index in [4.69, 9.17) is 19.6 Å². The van der Waals surface area contributed by atoms with Gasteiger partial charge in [-0.2, -0.15) is 0 Å². The number of aliphatic hydroxyl groups excluding tert-OH is 1. The average Bonchev–Trinajstić information content (AvgIpc) is 2.22. The molecule has 0 aromatic rings. The summed E-state index contributed by atoms with van der Waals surface area (Å²) in [7, 11) is -9.93. The third-order valence-corrected chi connectivity index (χ3v) is 6.40. The van der Waals surface area contributed by atoms with Gasteiger partial charge in [-0.3, -0.25) is 14.4 Å². The lowest BCUT2D eigenvalue weighted by atomic mass is 10.2. The molecule has 0 saturated heterocycles. The lowest BCUT2D eigenvalue weighted by molar-refractivity contribution is 0.126. The first-order valence-electron chi connectivity index (χ1n) is 6.11. The number of aliphatic hydroxyl groups is 1. The molecule has 0 aliphatic carbocycles. The first-order chi connectivity index (χ1) is 8.59. The lowest BCUT2D eigenvalue weighted by Gasteiger charge is -2.22. The van der Waals surface area contributed by atoms with Crippen LogP contribution in [0.15, 0.2) is 0 Å². The van der Waals surface area contributed by atoms with E-state index in [9.17, 15) is 14.2 Å². The Labute approximate surface area is 112 Å². The standard InChI is InChI=1S/C9H23NO7P2/c1-2-3-4-5-6-10-8(11)7-9(18(12,13)14)19(15,16)17/h8-11H,2-7H2,1H3,(H2,12,13,14)(H2,15,16,17). The molecule has 0 aromatic carbocycles. The molecule has 0 aliphatic heterocycles. The van der Waals surface area contributed by atoms with Crippen LogP contribution in [0.3, 0.4) is 0 Å². The molecule has 0 spiro atoms. The minimum atomic E-state index is -4.96. The van der Waals surface area contributed by atoms with E-state index >= 15 is 0 Å². The molecule has 0 aromatic heterocycles. The molecule has 1 unspecified atom stereocenters. The summed E-state index contributed by atoms with van der Waals surface area (Å²) in [5, 5.41) is 9.92. The van der Waals surface area contributed by atoms with Crippen molar-refractivity contribution in [1.29, 1.82) is 0 Å². The van der Waals surface area contributed by atoms with Crippen LogP contribution >= 0.6 is 15.2 Å². The number of hydrogen-bond acceptors (Lipinski definition) is 4. The van der Waals surface area contributed by atoms with Crippen LogP contribution in [0.25, 0.3) is 0 Å². The van der Waals surface area contributed by atoms with Gasteiger partial charge in [0.05, 0.1) is 0 Å². The zero-order valence-corrected chi connectivity index (χ0v) is 12.6. The molecule has 116 valence electrons. The monoisotopic (exact) mass is 319 g/mol. The van der Waals surface area contributed by atoms with Gasteiger partial charge in [0.2, 0.25) is 0 Å². The van der Waals surface area contributed by atoms with Gasteiger partial charge in [0.15, 0.2) is 5.40 Å². The van der Waals surface area contributed by atoms with Gasteiger partial charge >= 0.3 is 15.2 Å². The fourth-order valence-electron chi connectivity index (χ4n) is 1.57. The molecular weight excluding hydrogens is 296 g/mol. The minimum Gasteiger partial charge on any atom is -0.379 e. The highest BCUT2D eigenvalue weighted by Gasteiger charge is 2.44. The number of hydrogen-bond donors (Lipinski definition) is 6. The minimum absolute atomic E-state index is 0.427. The first kappa shape index (κ1) is 19.2. The van der Waals surface area contributed by atoms with Crippen molar-refractivity contribution in [2.75, 3.05) is 6.54 Å². The van der Waals surface area contributed by atoms with Gasteiger partial charge < -0.3 is 24.7 Å². The van der Waals surface area contributed by atoms with E-state index in [1.807, 2.05) is 6.92 Å². The maximum atomic E-state index is 11.0. The van der Waals surface area contributed by atoms with Gasteiger partial charge in [-0.05, 0) is 13.0 Å². The van der Waals surface area contributed by atoms with E-state index in [1.165, 1.54) is 0 Å². The smallest absolute Gasteiger partial charge is 0.340 e. The molecule has 0 heterocycles. The summed E-state index contributed by atoms with van der Waals surface area (Å²) in [5.74, 6) is 0. The Morgan fingerprint density at radius 2 is 1.53 bits per heavy atom. The van der Waals surface area contributed by atoms with Crippen LogP contribution in [0.1, 0.15) is 39.0 Å². The molecule has 0 rings (SSSR count). The maximum absolute atomic E-state index is 11.0. The Morgan fingerprint density at radius 1 is 1.00 bits per heavy atom. The summed E-state index contributed by atoms with van der Waals surface area (Å²) in [6.07, 6.45) is 1.79. The summed E-state index contributed by atoms with van der Waals surface area (Å²) in [5.41, 5.74) is 0. The summed E-state index contributed by atoms with van der Waals surface area (Å²) in [4.78, 5) is 35.5. The van der Waals surface area contributed by atoms with Crippen molar-refractivity contribution in [2.45, 2.75) is 50.7 Å². The predicted molar refractivity (Wildman–Crippen MR) is 70.6 cm³/mol. The van der Waals surface area contributed by atoms with Crippen LogP contribution in [0.4, 0.5) is 0 Å². The second-order valence-corrected chi connectivity index (χ2v) is 8.44. The fourth-order valence-corrected chi connectivity index (χ4v) is 4.09. The molecule has 0 saturated carbocycles. The van der Waals surface area contributed by atoms with Gasteiger partial charge in [-0.1, -0.05) is 26.2 Å². The quantitative estimate of drug-likeness (QED) is 0.194. The summed E-state index contributed by atoms with van der Waals surface area (Å²) >= 11 is 0. The van der Waals surface area contributed by atoms with Crippen LogP contribution < -0.4 is 5.32 Å². The number of rotatable bonds is 10. The topological polar surface area (TPSA) is 147 Å². The molecule has 0 radical (unpaired) electrons. The zero-order chi connectivity index (χ0) is 15.1. The fraction of sp³-hybridized carbons (Fsp3) is 1.00. The Kier molecular flexibility index (Phi) is 8.59. The molecule has 6 N–H and O–H groups in total. The lowest BCUT2D eigenvalue weighted by Crippen LogP contribution is -2.33. The second-order valence-electron chi connectivity index (χ2n) is 4.43. The molecule has 19 heavy (non-hydrogen) atoms. The van der Waals surface area contributed by atoms with Gasteiger partial charge in [0.1, 0.15) is 6.23 Å². The van der Waals surface area contributed by atoms with Crippen LogP contribution in [-0.2, 0) is 9.13 Å². The third kappa shape index (κ3) is 8.89. The first-order valence-corrected chi connectivity index (χ1v) is 9.47. The molecule has 1 atom stereocenters. The zero-order valence-electron chi connectivity index (χ0n) is 10.8. The van der Waals surface area contributed by atoms with Crippen LogP contribution in [0, 0.1) is 0 Å². The molecule has 0 aliphatic rings. The Balaban J connectivity index is 4.23. The van der Waals surface area contributed by atoms with E-state index in [2.05, 4.69) is 5.32 Å². The normalized spacial score (nSPS) is 14.9. The predicted octanol–water partition coefficient (Wildman–Crippen LogP) is 0.546. The summed E-state index contributed by atoms with van der Waals surface area (Å²) in [6, 6.07) is 0. The molecule has 10 heteroatoms. The summed E-state index contributed by atoms with van der Waals surface area (Å²) in [6.45, 7) is 2.48. The van der Waals surface area contributed by atoms with Crippen molar-refractivity contribution in [3.8, 4) is 0 Å². The highest BCUT2D eigenvalue weighted by Crippen LogP contribution is 2.61. The van der Waals surface area contributed by atoms with E-state index in [1.54, 1.807) is 0 Å². The summed E-state index contributed by atoms with van der Waals surface area (Å²) < 4.78 is 22.0. The SMILES string of the molecule is CCCCCCNC(O)CC(P(=O)(O)O)P(=O)(O)O. The van der Waals surface area contributed by atoms with Gasteiger partial charge in [-0.25, -0.2) is 0 Å². The largest absolute Gasteiger partial charge is 0.379 e. The Hall–Kier alpha value is 0.220. The van der Waals surface area contributed by atoms with E-state index in [0.29, 0.717) is 6.54 Å². The molecule has 0 bridgehead atoms. The Morgan fingerprint density at radius 3 is 1.95 bits per heavy atom. The second kappa shape index (κ2) is 8.49. The maximum Gasteiger partial charge on any atom is 0.340 e. The highest BCUT2D eigenvalue weighted by atomic mass is 31.2. The van der Waals surface area contributed by atoms with Crippen molar-refractivity contribution in [3.63, 3.8) is 0 Å². The van der Waals surface area contributed by atoms with Gasteiger partial charge in [0.25, 0.3) is 0 Å². The van der Waals surface area contributed by atoms with Crippen molar-refractivity contribution in [3.05, 3.63) is 0 Å². The van der Waals surface area contributed by atoms with Crippen molar-refractivity contribution < 1.29 is 33.8 Å². The van der Waals surface area contributed by atoms with Crippen LogP contribution in [-0.4, -0.2) is 42.9 Å². The molecule has 0 fully saturated rings. The molecular formula is C9H23NO7P2. The van der Waals surface area contributed by atoms with Crippen LogP contribution in [0.5, 0.6) is 0 Å². The van der Waals surface area contributed by atoms with E-state index in [0.717, 1.165) is 25.7 Å². The number of nitrogens with one attached hydrogen (secondary N) is 1. The van der Waals surface area contributed by atoms with Gasteiger partial charge in [-0.15, -0.1) is 0 Å². The third-order valence-electron chi connectivity index (χ3n) is 2.62. The van der Waals surface area contributed by atoms with Crippen molar-refractivity contribution in [2.24, 2.45) is 0 Å². The highest BCUT2D eigenvalue weighted by molar-refractivity contribution is 7.70. The molecule has 8 nitrogen and oxygen atoms in total. The average molecular weight is 319 g/mol. The number of unbranched alkanes of at least 4 members (excludes halogenated alkanes) is 3. The van der Waals surface area contributed by atoms with E-state index in [-0.39, 0.29) is 0 Å². The van der Waals surface area contributed by atoms with Crippen molar-refractivity contribution in [1.82, 2.24) is 5.32 Å². The van der Waals surface area contributed by atoms with Crippen molar-refractivity contribution >= 4 is 15.2 Å². The van der Waals surface area contributed by atoms with Crippen LogP contribution in [0.2, 0.25) is 0 Å².